The molecular weight excluding hydrogens is 323 g/mol. The molecule has 0 aliphatic carbocycles. The number of ether oxygens (including phenoxy) is 1. The van der Waals surface area contributed by atoms with Crippen molar-refractivity contribution < 1.29 is 13.9 Å². The molecule has 0 spiro atoms. The monoisotopic (exact) mass is 338 g/mol. The fraction of sp³-hybridized carbons (Fsp3) is 0.167. The van der Waals surface area contributed by atoms with Gasteiger partial charge in [0.15, 0.2) is 0 Å². The summed E-state index contributed by atoms with van der Waals surface area (Å²) in [4.78, 5) is 11.5. The smallest absolute Gasteiger partial charge is 0.287 e. The highest BCUT2D eigenvalue weighted by molar-refractivity contribution is 5.90. The largest absolute Gasteiger partial charge is 0.489 e. The number of carbonyl (C=O) groups is 1. The van der Waals surface area contributed by atoms with E-state index in [4.69, 9.17) is 10.5 Å². The molecule has 1 aliphatic rings. The number of nitrogens with two attached hydrogens (primary N) is 1. The molecule has 3 aromatic rings. The van der Waals surface area contributed by atoms with Crippen molar-refractivity contribution in [2.24, 2.45) is 5.73 Å². The van der Waals surface area contributed by atoms with E-state index in [-0.39, 0.29) is 11.6 Å². The first kappa shape index (κ1) is 15.3. The number of hydrogen-bond donors (Lipinski definition) is 1. The molecule has 25 heavy (non-hydrogen) atoms. The van der Waals surface area contributed by atoms with Crippen molar-refractivity contribution in [3.8, 4) is 11.4 Å². The lowest BCUT2D eigenvalue weighted by Gasteiger charge is -2.19. The maximum atomic E-state index is 12.9. The lowest BCUT2D eigenvalue weighted by atomic mass is 10.0. The number of nitrogens with zero attached hydrogens (tertiary/aromatic N) is 3. The first-order valence-electron chi connectivity index (χ1n) is 7.86. The topological polar surface area (TPSA) is 83.0 Å². The molecule has 2 N–H and O–H groups in total. The molecule has 2 heterocycles. The van der Waals surface area contributed by atoms with Gasteiger partial charge in [-0.1, -0.05) is 12.1 Å². The lowest BCUT2D eigenvalue weighted by Crippen LogP contribution is -2.21. The molecule has 0 radical (unpaired) electrons. The van der Waals surface area contributed by atoms with Gasteiger partial charge in [-0.3, -0.25) is 9.36 Å². The quantitative estimate of drug-likeness (QED) is 0.790. The van der Waals surface area contributed by atoms with Crippen LogP contribution >= 0.6 is 0 Å². The molecule has 1 amide bonds. The summed E-state index contributed by atoms with van der Waals surface area (Å²) in [5, 5.41) is 7.91. The van der Waals surface area contributed by atoms with Gasteiger partial charge < -0.3 is 10.5 Å². The molecule has 1 aliphatic heterocycles. The van der Waals surface area contributed by atoms with Gasteiger partial charge in [0.05, 0.1) is 5.69 Å². The zero-order chi connectivity index (χ0) is 17.4. The van der Waals surface area contributed by atoms with Crippen LogP contribution in [0.15, 0.2) is 42.5 Å². The van der Waals surface area contributed by atoms with Gasteiger partial charge in [0, 0.05) is 6.42 Å². The average Bonchev–Trinajstić information content (AvgIpc) is 3.06. The Balaban J connectivity index is 1.59. The number of aromatic nitrogens is 3. The van der Waals surface area contributed by atoms with Gasteiger partial charge in [0.2, 0.25) is 5.82 Å². The second kappa shape index (κ2) is 6.01. The number of primary amides is 1. The van der Waals surface area contributed by atoms with Gasteiger partial charge in [-0.25, -0.2) is 4.39 Å². The van der Waals surface area contributed by atoms with E-state index in [1.807, 2.05) is 18.2 Å². The van der Waals surface area contributed by atoms with Crippen LogP contribution in [0.25, 0.3) is 5.69 Å². The Morgan fingerprint density at radius 3 is 2.72 bits per heavy atom. The van der Waals surface area contributed by atoms with E-state index >= 15 is 0 Å². The number of benzene rings is 2. The summed E-state index contributed by atoms with van der Waals surface area (Å²) in [6.07, 6.45) is 1.45. The van der Waals surface area contributed by atoms with Gasteiger partial charge in [-0.2, -0.15) is 0 Å². The van der Waals surface area contributed by atoms with Gasteiger partial charge >= 0.3 is 0 Å². The van der Waals surface area contributed by atoms with E-state index in [1.54, 1.807) is 16.7 Å². The Morgan fingerprint density at radius 2 is 1.96 bits per heavy atom. The predicted molar refractivity (Wildman–Crippen MR) is 88.0 cm³/mol. The molecule has 1 aromatic heterocycles. The van der Waals surface area contributed by atoms with Crippen molar-refractivity contribution in [3.05, 3.63) is 71.1 Å². The molecule has 0 unspecified atom stereocenters. The maximum absolute atomic E-state index is 12.9. The Morgan fingerprint density at radius 1 is 1.16 bits per heavy atom. The van der Waals surface area contributed by atoms with Gasteiger partial charge in [-0.15, -0.1) is 10.2 Å². The molecule has 0 fully saturated rings. The first-order chi connectivity index (χ1) is 12.1. The van der Waals surface area contributed by atoms with Crippen molar-refractivity contribution >= 4 is 5.91 Å². The molecule has 7 heteroatoms. The van der Waals surface area contributed by atoms with E-state index in [0.717, 1.165) is 29.1 Å². The summed E-state index contributed by atoms with van der Waals surface area (Å²) < 4.78 is 20.4. The van der Waals surface area contributed by atoms with Crippen LogP contribution in [0.3, 0.4) is 0 Å². The molecule has 6 nitrogen and oxygen atoms in total. The third kappa shape index (κ3) is 2.84. The van der Waals surface area contributed by atoms with Gasteiger partial charge in [0.25, 0.3) is 5.91 Å². The Labute approximate surface area is 143 Å². The van der Waals surface area contributed by atoms with Crippen molar-refractivity contribution in [2.75, 3.05) is 0 Å². The van der Waals surface area contributed by atoms with Crippen LogP contribution in [0.1, 0.15) is 27.6 Å². The third-order valence-corrected chi connectivity index (χ3v) is 4.18. The molecule has 126 valence electrons. The number of amides is 1. The minimum atomic E-state index is -0.608. The van der Waals surface area contributed by atoms with Crippen LogP contribution in [0.5, 0.6) is 5.75 Å². The highest BCUT2D eigenvalue weighted by Crippen LogP contribution is 2.28. The van der Waals surface area contributed by atoms with Crippen LogP contribution in [0.4, 0.5) is 4.39 Å². The fourth-order valence-electron chi connectivity index (χ4n) is 2.95. The molecule has 4 rings (SSSR count). The number of rotatable bonds is 4. The highest BCUT2D eigenvalue weighted by atomic mass is 19.1. The van der Waals surface area contributed by atoms with Crippen LogP contribution in [-0.4, -0.2) is 20.7 Å². The average molecular weight is 338 g/mol. The zero-order valence-electron chi connectivity index (χ0n) is 13.3. The van der Waals surface area contributed by atoms with E-state index in [1.165, 1.54) is 12.1 Å². The molecule has 2 aromatic carbocycles. The third-order valence-electron chi connectivity index (χ3n) is 4.18. The van der Waals surface area contributed by atoms with E-state index in [0.29, 0.717) is 18.8 Å². The molecular formula is C18H15FN4O2. The fourth-order valence-corrected chi connectivity index (χ4v) is 2.95. The SMILES string of the molecule is NC(=O)c1nnc2n1-c1ccc(OCc3ccc(F)cc3)cc1CC2. The Bertz CT molecular complexity index is 950. The number of halogens is 1. The van der Waals surface area contributed by atoms with Gasteiger partial charge in [0.1, 0.15) is 24.0 Å². The minimum Gasteiger partial charge on any atom is -0.489 e. The van der Waals surface area contributed by atoms with Crippen LogP contribution in [0, 0.1) is 5.82 Å². The second-order valence-corrected chi connectivity index (χ2v) is 5.85. The van der Waals surface area contributed by atoms with Crippen LogP contribution in [-0.2, 0) is 19.4 Å². The van der Waals surface area contributed by atoms with Crippen LogP contribution < -0.4 is 10.5 Å². The summed E-state index contributed by atoms with van der Waals surface area (Å²) in [7, 11) is 0. The van der Waals surface area contributed by atoms with Crippen molar-refractivity contribution in [3.63, 3.8) is 0 Å². The summed E-state index contributed by atoms with van der Waals surface area (Å²) in [5.74, 6) is 0.688. The predicted octanol–water partition coefficient (Wildman–Crippen LogP) is 2.18. The lowest BCUT2D eigenvalue weighted by molar-refractivity contribution is 0.0988. The number of hydrogen-bond acceptors (Lipinski definition) is 4. The summed E-state index contributed by atoms with van der Waals surface area (Å²) >= 11 is 0. The molecule has 0 saturated heterocycles. The Hall–Kier alpha value is -3.22. The Kier molecular flexibility index (Phi) is 3.68. The summed E-state index contributed by atoms with van der Waals surface area (Å²) in [5.41, 5.74) is 8.14. The van der Waals surface area contributed by atoms with E-state index < -0.39 is 5.91 Å². The van der Waals surface area contributed by atoms with E-state index in [9.17, 15) is 9.18 Å². The first-order valence-corrected chi connectivity index (χ1v) is 7.86. The van der Waals surface area contributed by atoms with Crippen LogP contribution in [0.2, 0.25) is 0 Å². The molecule has 0 atom stereocenters. The van der Waals surface area contributed by atoms with Crippen molar-refractivity contribution in [1.29, 1.82) is 0 Å². The highest BCUT2D eigenvalue weighted by Gasteiger charge is 2.24. The van der Waals surface area contributed by atoms with Crippen molar-refractivity contribution in [1.82, 2.24) is 14.8 Å². The van der Waals surface area contributed by atoms with Gasteiger partial charge in [-0.05, 0) is 47.9 Å². The summed E-state index contributed by atoms with van der Waals surface area (Å²) in [6, 6.07) is 11.8. The zero-order valence-corrected chi connectivity index (χ0v) is 13.3. The second-order valence-electron chi connectivity index (χ2n) is 5.85. The summed E-state index contributed by atoms with van der Waals surface area (Å²) in [6.45, 7) is 0.351. The standard InChI is InChI=1S/C18H15FN4O2/c19-13-4-1-11(2-5-13)10-25-14-6-7-15-12(9-14)3-8-16-21-22-18(17(20)24)23(15)16/h1-2,4-7,9H,3,8,10H2,(H2,20,24). The minimum absolute atomic E-state index is 0.135. The molecule has 0 bridgehead atoms. The molecule has 0 saturated carbocycles. The number of carbonyl (C=O) groups excluding carboxylic acids is 1. The van der Waals surface area contributed by atoms with Crippen molar-refractivity contribution in [2.45, 2.75) is 19.4 Å². The normalized spacial score (nSPS) is 12.4. The van der Waals surface area contributed by atoms with E-state index in [2.05, 4.69) is 10.2 Å². The number of aryl methyl sites for hydroxylation is 2. The number of fused-ring (bicyclic) bond motifs is 3. The maximum Gasteiger partial charge on any atom is 0.287 e.